The van der Waals surface area contributed by atoms with E-state index in [2.05, 4.69) is 10.1 Å². The fourth-order valence-electron chi connectivity index (χ4n) is 3.28. The molecule has 0 aliphatic carbocycles. The molecule has 0 spiro atoms. The van der Waals surface area contributed by atoms with Crippen molar-refractivity contribution in [1.82, 2.24) is 14.7 Å². The van der Waals surface area contributed by atoms with Gasteiger partial charge in [-0.15, -0.1) is 0 Å². The predicted octanol–water partition coefficient (Wildman–Crippen LogP) is 1.83. The highest BCUT2D eigenvalue weighted by atomic mass is 16.7. The number of aliphatic imine (C=N–C) groups is 1. The molecule has 0 saturated carbocycles. The lowest BCUT2D eigenvalue weighted by Crippen LogP contribution is -2.66. The van der Waals surface area contributed by atoms with Crippen molar-refractivity contribution in [3.05, 3.63) is 12.4 Å². The average Bonchev–Trinajstić information content (AvgIpc) is 3.04. The van der Waals surface area contributed by atoms with Crippen molar-refractivity contribution in [3.8, 4) is 0 Å². The van der Waals surface area contributed by atoms with E-state index in [1.165, 1.54) is 0 Å². The van der Waals surface area contributed by atoms with Crippen LogP contribution in [0.15, 0.2) is 17.4 Å². The number of rotatable bonds is 3. The summed E-state index contributed by atoms with van der Waals surface area (Å²) in [5, 5.41) is 4.52. The third-order valence-electron chi connectivity index (χ3n) is 5.53. The van der Waals surface area contributed by atoms with Crippen LogP contribution in [0.5, 0.6) is 0 Å². The summed E-state index contributed by atoms with van der Waals surface area (Å²) in [6.45, 7) is 14.6. The summed E-state index contributed by atoms with van der Waals surface area (Å²) in [6, 6.07) is 0. The second kappa shape index (κ2) is 6.59. The van der Waals surface area contributed by atoms with E-state index in [1.54, 1.807) is 18.1 Å². The van der Waals surface area contributed by atoms with E-state index in [4.69, 9.17) is 14.0 Å². The van der Waals surface area contributed by atoms with Gasteiger partial charge in [0, 0.05) is 31.1 Å². The van der Waals surface area contributed by atoms with Gasteiger partial charge in [-0.3, -0.25) is 9.67 Å². The summed E-state index contributed by atoms with van der Waals surface area (Å²) in [4.78, 5) is 18.2. The number of carbonyl (C=O) groups is 1. The van der Waals surface area contributed by atoms with Gasteiger partial charge in [0.25, 0.3) is 0 Å². The third kappa shape index (κ3) is 3.69. The highest BCUT2D eigenvalue weighted by molar-refractivity contribution is 6.62. The van der Waals surface area contributed by atoms with Gasteiger partial charge in [0.1, 0.15) is 11.1 Å². The summed E-state index contributed by atoms with van der Waals surface area (Å²) in [5.41, 5.74) is -0.992. The Morgan fingerprint density at radius 3 is 2.32 bits per heavy atom. The van der Waals surface area contributed by atoms with Crippen molar-refractivity contribution in [2.24, 2.45) is 4.99 Å². The van der Waals surface area contributed by atoms with Gasteiger partial charge in [-0.05, 0) is 48.5 Å². The first kappa shape index (κ1) is 20.9. The summed E-state index contributed by atoms with van der Waals surface area (Å²) in [6.07, 6.45) is 5.17. The number of hydrogen-bond donors (Lipinski definition) is 0. The Bertz CT molecular complexity index is 759. The lowest BCUT2D eigenvalue weighted by molar-refractivity contribution is -0.0114. The van der Waals surface area contributed by atoms with Gasteiger partial charge < -0.3 is 18.9 Å². The van der Waals surface area contributed by atoms with Crippen LogP contribution >= 0.6 is 0 Å². The number of ether oxygens (including phenoxy) is 1. The molecule has 0 atom stereocenters. The Morgan fingerprint density at radius 2 is 1.82 bits per heavy atom. The minimum absolute atomic E-state index is 0.328. The normalized spacial score (nSPS) is 23.1. The molecule has 2 aliphatic heterocycles. The van der Waals surface area contributed by atoms with Gasteiger partial charge in [0.05, 0.1) is 24.3 Å². The molecule has 8 nitrogen and oxygen atoms in total. The lowest BCUT2D eigenvalue weighted by Gasteiger charge is -2.47. The van der Waals surface area contributed by atoms with Crippen LogP contribution in [0.2, 0.25) is 0 Å². The van der Waals surface area contributed by atoms with Gasteiger partial charge in [-0.2, -0.15) is 5.10 Å². The van der Waals surface area contributed by atoms with Crippen molar-refractivity contribution in [2.45, 2.75) is 70.8 Å². The molecule has 0 aromatic carbocycles. The first-order valence-corrected chi connectivity index (χ1v) is 9.61. The summed E-state index contributed by atoms with van der Waals surface area (Å²) in [5.74, 6) is 0. The average molecular weight is 390 g/mol. The Hall–Kier alpha value is -1.87. The monoisotopic (exact) mass is 390 g/mol. The molecule has 1 amide bonds. The first-order chi connectivity index (χ1) is 12.8. The molecule has 0 unspecified atom stereocenters. The molecule has 28 heavy (non-hydrogen) atoms. The topological polar surface area (TPSA) is 78.2 Å². The van der Waals surface area contributed by atoms with E-state index in [0.29, 0.717) is 13.1 Å². The van der Waals surface area contributed by atoms with Gasteiger partial charge in [0.2, 0.25) is 0 Å². The highest BCUT2D eigenvalue weighted by Crippen LogP contribution is 2.36. The fourth-order valence-corrected chi connectivity index (χ4v) is 3.28. The molecule has 0 bridgehead atoms. The van der Waals surface area contributed by atoms with Crippen molar-refractivity contribution < 1.29 is 18.8 Å². The van der Waals surface area contributed by atoms with Crippen LogP contribution in [0.25, 0.3) is 0 Å². The molecule has 2 aliphatic rings. The van der Waals surface area contributed by atoms with E-state index in [-0.39, 0.29) is 6.09 Å². The van der Waals surface area contributed by atoms with E-state index in [9.17, 15) is 4.79 Å². The van der Waals surface area contributed by atoms with E-state index in [0.717, 1.165) is 5.46 Å². The maximum absolute atomic E-state index is 12.3. The molecule has 3 heterocycles. The number of likely N-dealkylation sites (tertiary alicyclic amines) is 1. The summed E-state index contributed by atoms with van der Waals surface area (Å²) in [7, 11) is 1.24. The number of hydrogen-bond acceptors (Lipinski definition) is 6. The molecule has 9 heteroatoms. The third-order valence-corrected chi connectivity index (χ3v) is 5.53. The standard InChI is InChI=1S/C19H31BN4O4/c1-16(2,3)26-15(25)23-12-19(13-23,11-21-8)24-10-14(9-22-24)20-27-17(4,5)18(6,7)28-20/h9-11H,12-13H2,1-8H3. The van der Waals surface area contributed by atoms with E-state index >= 15 is 0 Å². The zero-order chi connectivity index (χ0) is 21.0. The van der Waals surface area contributed by atoms with Crippen LogP contribution < -0.4 is 5.46 Å². The predicted molar refractivity (Wildman–Crippen MR) is 108 cm³/mol. The van der Waals surface area contributed by atoms with E-state index < -0.39 is 29.5 Å². The summed E-state index contributed by atoms with van der Waals surface area (Å²) >= 11 is 0. The maximum Gasteiger partial charge on any atom is 0.498 e. The minimum atomic E-state index is -0.524. The van der Waals surface area contributed by atoms with Gasteiger partial charge >= 0.3 is 13.2 Å². The van der Waals surface area contributed by atoms with Crippen molar-refractivity contribution >= 4 is 24.9 Å². The number of amides is 1. The maximum atomic E-state index is 12.3. The van der Waals surface area contributed by atoms with E-state index in [1.807, 2.05) is 65.6 Å². The smallest absolute Gasteiger partial charge is 0.444 e. The van der Waals surface area contributed by atoms with Crippen LogP contribution in [0.4, 0.5) is 4.79 Å². The second-order valence-corrected chi connectivity index (χ2v) is 9.63. The molecule has 1 aromatic rings. The minimum Gasteiger partial charge on any atom is -0.444 e. The zero-order valence-corrected chi connectivity index (χ0v) is 18.1. The Morgan fingerprint density at radius 1 is 1.25 bits per heavy atom. The van der Waals surface area contributed by atoms with Crippen LogP contribution in [-0.2, 0) is 19.6 Å². The Labute approximate surface area is 167 Å². The SMILES string of the molecule is CN=CC1(n2cc(B3OC(C)(C)C(C)(C)O3)cn2)CN(C(=O)OC(C)(C)C)C1. The summed E-state index contributed by atoms with van der Waals surface area (Å²) < 4.78 is 19.5. The quantitative estimate of drug-likeness (QED) is 0.581. The largest absolute Gasteiger partial charge is 0.498 e. The second-order valence-electron chi connectivity index (χ2n) is 9.63. The van der Waals surface area contributed by atoms with Crippen LogP contribution in [0.3, 0.4) is 0 Å². The molecular formula is C19H31BN4O4. The van der Waals surface area contributed by atoms with Gasteiger partial charge in [-0.1, -0.05) is 0 Å². The first-order valence-electron chi connectivity index (χ1n) is 9.61. The number of nitrogens with zero attached hydrogens (tertiary/aromatic N) is 4. The Balaban J connectivity index is 1.75. The molecule has 1 aromatic heterocycles. The van der Waals surface area contributed by atoms with Crippen molar-refractivity contribution in [1.29, 1.82) is 0 Å². The Kier molecular flexibility index (Phi) is 4.91. The number of aromatic nitrogens is 2. The number of carbonyl (C=O) groups excluding carboxylic acids is 1. The van der Waals surface area contributed by atoms with Gasteiger partial charge in [-0.25, -0.2) is 4.79 Å². The van der Waals surface area contributed by atoms with Crippen molar-refractivity contribution in [3.63, 3.8) is 0 Å². The van der Waals surface area contributed by atoms with Crippen LogP contribution in [0, 0.1) is 0 Å². The molecule has 0 N–H and O–H groups in total. The fraction of sp³-hybridized carbons (Fsp3) is 0.737. The zero-order valence-electron chi connectivity index (χ0n) is 18.1. The highest BCUT2D eigenvalue weighted by Gasteiger charge is 2.53. The van der Waals surface area contributed by atoms with Crippen LogP contribution in [-0.4, -0.2) is 71.0 Å². The van der Waals surface area contributed by atoms with Crippen molar-refractivity contribution in [2.75, 3.05) is 20.1 Å². The van der Waals surface area contributed by atoms with Gasteiger partial charge in [0.15, 0.2) is 0 Å². The molecule has 2 saturated heterocycles. The molecule has 2 fully saturated rings. The molecule has 0 radical (unpaired) electrons. The lowest BCUT2D eigenvalue weighted by atomic mass is 9.81. The molecule has 3 rings (SSSR count). The molecule has 154 valence electrons. The molecular weight excluding hydrogens is 359 g/mol. The van der Waals surface area contributed by atoms with Crippen LogP contribution in [0.1, 0.15) is 48.5 Å².